The van der Waals surface area contributed by atoms with E-state index in [0.29, 0.717) is 12.0 Å². The quantitative estimate of drug-likeness (QED) is 0.260. The fraction of sp³-hybridized carbons (Fsp3) is 0.370. The summed E-state index contributed by atoms with van der Waals surface area (Å²) in [5.41, 5.74) is 0.422. The molecule has 0 aromatic heterocycles. The van der Waals surface area contributed by atoms with Gasteiger partial charge in [0.15, 0.2) is 0 Å². The van der Waals surface area contributed by atoms with Crippen LogP contribution in [0, 0.1) is 0 Å². The van der Waals surface area contributed by atoms with E-state index >= 15 is 0 Å². The van der Waals surface area contributed by atoms with Gasteiger partial charge in [-0.25, -0.2) is 8.42 Å². The van der Waals surface area contributed by atoms with Crippen LogP contribution in [-0.2, 0) is 19.6 Å². The summed E-state index contributed by atoms with van der Waals surface area (Å²) in [6.45, 7) is 2.33. The van der Waals surface area contributed by atoms with Gasteiger partial charge in [0.25, 0.3) is 0 Å². The Morgan fingerprint density at radius 3 is 2.26 bits per heavy atom. The summed E-state index contributed by atoms with van der Waals surface area (Å²) < 4.78 is 34.1. The molecule has 7 heteroatoms. The van der Waals surface area contributed by atoms with Crippen molar-refractivity contribution in [2.45, 2.75) is 62.5 Å². The molecule has 182 valence electrons. The van der Waals surface area contributed by atoms with E-state index in [4.69, 9.17) is 4.74 Å². The molecule has 3 aromatic carbocycles. The third kappa shape index (κ3) is 7.13. The third-order valence-electron chi connectivity index (χ3n) is 5.77. The molecule has 0 amide bonds. The number of rotatable bonds is 13. The number of ether oxygens (including phenoxy) is 1. The molecule has 3 rings (SSSR count). The molecule has 0 fully saturated rings. The molecular formula is C27H33NO5S. The zero-order valence-corrected chi connectivity index (χ0v) is 20.3. The summed E-state index contributed by atoms with van der Waals surface area (Å²) >= 11 is 0. The molecule has 2 atom stereocenters. The minimum absolute atomic E-state index is 0.0141. The van der Waals surface area contributed by atoms with E-state index in [1.807, 2.05) is 24.3 Å². The minimum atomic E-state index is -4.11. The molecule has 0 bridgehead atoms. The first-order chi connectivity index (χ1) is 16.4. The third-order valence-corrected chi connectivity index (χ3v) is 7.21. The summed E-state index contributed by atoms with van der Waals surface area (Å²) in [7, 11) is -4.11. The lowest BCUT2D eigenvalue weighted by molar-refractivity contribution is -0.148. The van der Waals surface area contributed by atoms with Crippen molar-refractivity contribution < 1.29 is 23.1 Å². The predicted octanol–water partition coefficient (Wildman–Crippen LogP) is 5.12. The average Bonchev–Trinajstić information content (AvgIpc) is 2.86. The van der Waals surface area contributed by atoms with Crippen LogP contribution < -0.4 is 4.72 Å². The van der Waals surface area contributed by atoms with Gasteiger partial charge in [-0.3, -0.25) is 4.79 Å². The van der Waals surface area contributed by atoms with E-state index in [9.17, 15) is 18.3 Å². The lowest BCUT2D eigenvalue weighted by atomic mass is 10.0. The molecule has 0 saturated heterocycles. The van der Waals surface area contributed by atoms with Gasteiger partial charge in [0.2, 0.25) is 10.0 Å². The van der Waals surface area contributed by atoms with Gasteiger partial charge in [-0.05, 0) is 34.9 Å². The van der Waals surface area contributed by atoms with Crippen LogP contribution in [0.25, 0.3) is 10.8 Å². The van der Waals surface area contributed by atoms with Gasteiger partial charge in [-0.2, -0.15) is 4.72 Å². The molecule has 3 aromatic rings. The second kappa shape index (κ2) is 12.6. The highest BCUT2D eigenvalue weighted by atomic mass is 32.2. The number of aliphatic hydroxyl groups is 1. The number of unbranched alkanes of at least 4 members (excludes halogenated alkanes) is 5. The van der Waals surface area contributed by atoms with Crippen LogP contribution >= 0.6 is 0 Å². The Balaban J connectivity index is 1.75. The van der Waals surface area contributed by atoms with Crippen molar-refractivity contribution in [3.8, 4) is 0 Å². The molecule has 0 saturated carbocycles. The summed E-state index contributed by atoms with van der Waals surface area (Å²) in [5, 5.41) is 12.6. The number of hydrogen-bond donors (Lipinski definition) is 2. The maximum absolute atomic E-state index is 13.2. The molecular weight excluding hydrogens is 450 g/mol. The number of fused-ring (bicyclic) bond motifs is 1. The van der Waals surface area contributed by atoms with Crippen LogP contribution in [0.4, 0.5) is 0 Å². The first kappa shape index (κ1) is 25.9. The Bertz CT molecular complexity index is 1160. The van der Waals surface area contributed by atoms with E-state index in [1.165, 1.54) is 12.5 Å². The van der Waals surface area contributed by atoms with E-state index in [1.54, 1.807) is 42.5 Å². The van der Waals surface area contributed by atoms with Crippen molar-refractivity contribution in [1.29, 1.82) is 0 Å². The second-order valence-electron chi connectivity index (χ2n) is 8.40. The topological polar surface area (TPSA) is 92.7 Å². The van der Waals surface area contributed by atoms with E-state index < -0.39 is 28.1 Å². The molecule has 34 heavy (non-hydrogen) atoms. The summed E-state index contributed by atoms with van der Waals surface area (Å²) in [5.74, 6) is -0.797. The van der Waals surface area contributed by atoms with Gasteiger partial charge in [0.05, 0.1) is 11.5 Å². The maximum Gasteiger partial charge on any atom is 0.327 e. The van der Waals surface area contributed by atoms with Gasteiger partial charge >= 0.3 is 5.97 Å². The van der Waals surface area contributed by atoms with Gasteiger partial charge in [-0.1, -0.05) is 99.7 Å². The largest absolute Gasteiger partial charge is 0.464 e. The number of aliphatic hydroxyl groups excluding tert-OH is 1. The van der Waals surface area contributed by atoms with Gasteiger partial charge in [-0.15, -0.1) is 0 Å². The van der Waals surface area contributed by atoms with E-state index in [-0.39, 0.29) is 11.5 Å². The zero-order valence-electron chi connectivity index (χ0n) is 19.5. The van der Waals surface area contributed by atoms with Crippen LogP contribution in [0.2, 0.25) is 0 Å². The molecule has 6 nitrogen and oxygen atoms in total. The number of carbonyl (C=O) groups excluding carboxylic acids is 1. The number of nitrogens with one attached hydrogen (secondary N) is 1. The first-order valence-corrected chi connectivity index (χ1v) is 13.3. The van der Waals surface area contributed by atoms with E-state index in [0.717, 1.165) is 36.5 Å². The van der Waals surface area contributed by atoms with Crippen LogP contribution in [-0.4, -0.2) is 32.1 Å². The highest BCUT2D eigenvalue weighted by Crippen LogP contribution is 2.23. The molecule has 0 heterocycles. The number of sulfonamides is 1. The van der Waals surface area contributed by atoms with Crippen molar-refractivity contribution in [2.24, 2.45) is 0 Å². The minimum Gasteiger partial charge on any atom is -0.464 e. The summed E-state index contributed by atoms with van der Waals surface area (Å²) in [6, 6.07) is 19.2. The molecule has 0 radical (unpaired) electrons. The molecule has 0 spiro atoms. The smallest absolute Gasteiger partial charge is 0.327 e. The fourth-order valence-corrected chi connectivity index (χ4v) is 5.02. The highest BCUT2D eigenvalue weighted by molar-refractivity contribution is 7.89. The van der Waals surface area contributed by atoms with Crippen molar-refractivity contribution in [3.05, 3.63) is 78.4 Å². The van der Waals surface area contributed by atoms with Crippen molar-refractivity contribution >= 4 is 26.8 Å². The SMILES string of the molecule is CCCCCCCCOC(=O)[C@H](NS(=O)(=O)c1ccc2ccccc2c1)[C@@H](O)c1ccccc1. The Morgan fingerprint density at radius 2 is 1.53 bits per heavy atom. The molecule has 0 aliphatic heterocycles. The molecule has 0 aliphatic rings. The number of carbonyl (C=O) groups is 1. The second-order valence-corrected chi connectivity index (χ2v) is 10.1. The Hall–Kier alpha value is -2.74. The Kier molecular flexibility index (Phi) is 9.62. The number of esters is 1. The van der Waals surface area contributed by atoms with Crippen molar-refractivity contribution in [3.63, 3.8) is 0 Å². The summed E-state index contributed by atoms with van der Waals surface area (Å²) in [6.07, 6.45) is 4.78. The fourth-order valence-electron chi connectivity index (χ4n) is 3.80. The van der Waals surface area contributed by atoms with Crippen LogP contribution in [0.15, 0.2) is 77.7 Å². The Morgan fingerprint density at radius 1 is 0.882 bits per heavy atom. The molecule has 0 unspecified atom stereocenters. The summed E-state index contributed by atoms with van der Waals surface area (Å²) in [4.78, 5) is 12.9. The standard InChI is InChI=1S/C27H33NO5S/c1-2-3-4-5-6-12-19-33-27(30)25(26(29)22-14-8-7-9-15-22)28-34(31,32)24-18-17-21-13-10-11-16-23(21)20-24/h7-11,13-18,20,25-26,28-29H,2-6,12,19H2,1H3/t25-,26+/m1/s1. The van der Waals surface area contributed by atoms with Crippen LogP contribution in [0.5, 0.6) is 0 Å². The monoisotopic (exact) mass is 483 g/mol. The van der Waals surface area contributed by atoms with Crippen molar-refractivity contribution in [2.75, 3.05) is 6.61 Å². The van der Waals surface area contributed by atoms with Crippen molar-refractivity contribution in [1.82, 2.24) is 4.72 Å². The lowest BCUT2D eigenvalue weighted by Gasteiger charge is -2.23. The molecule has 2 N–H and O–H groups in total. The number of hydrogen-bond acceptors (Lipinski definition) is 5. The number of benzene rings is 3. The van der Waals surface area contributed by atoms with Gasteiger partial charge in [0, 0.05) is 0 Å². The van der Waals surface area contributed by atoms with E-state index in [2.05, 4.69) is 11.6 Å². The zero-order chi connectivity index (χ0) is 24.4. The van der Waals surface area contributed by atoms with Crippen LogP contribution in [0.3, 0.4) is 0 Å². The first-order valence-electron chi connectivity index (χ1n) is 11.8. The maximum atomic E-state index is 13.2. The highest BCUT2D eigenvalue weighted by Gasteiger charge is 2.34. The average molecular weight is 484 g/mol. The molecule has 0 aliphatic carbocycles. The van der Waals surface area contributed by atoms with Gasteiger partial charge in [0.1, 0.15) is 12.1 Å². The lowest BCUT2D eigenvalue weighted by Crippen LogP contribution is -2.46. The Labute approximate surface area is 202 Å². The van der Waals surface area contributed by atoms with Crippen LogP contribution in [0.1, 0.15) is 57.1 Å². The van der Waals surface area contributed by atoms with Gasteiger partial charge < -0.3 is 9.84 Å². The predicted molar refractivity (Wildman–Crippen MR) is 134 cm³/mol. The normalized spacial score (nSPS) is 13.5.